The van der Waals surface area contributed by atoms with Gasteiger partial charge < -0.3 is 18.9 Å². The van der Waals surface area contributed by atoms with Crippen LogP contribution in [0.2, 0.25) is 0 Å². The third-order valence-corrected chi connectivity index (χ3v) is 1.90. The largest absolute Gasteiger partial charge is 0.480 e. The lowest BCUT2D eigenvalue weighted by Gasteiger charge is -1.97. The molecule has 0 unspecified atom stereocenters. The second kappa shape index (κ2) is 8.34. The van der Waals surface area contributed by atoms with Crippen LogP contribution in [0.3, 0.4) is 0 Å². The van der Waals surface area contributed by atoms with E-state index < -0.39 is 0 Å². The van der Waals surface area contributed by atoms with E-state index in [9.17, 15) is 0 Å². The molecule has 2 aromatic rings. The molecule has 2 rings (SSSR count). The number of rotatable bonds is 4. The molecule has 0 spiro atoms. The minimum absolute atomic E-state index is 0.395. The Kier molecular flexibility index (Phi) is 6.37. The van der Waals surface area contributed by atoms with Crippen molar-refractivity contribution in [3.8, 4) is 23.5 Å². The molecule has 20 heavy (non-hydrogen) atoms. The van der Waals surface area contributed by atoms with Crippen molar-refractivity contribution in [2.75, 3.05) is 28.4 Å². The van der Waals surface area contributed by atoms with E-state index in [1.54, 1.807) is 12.1 Å². The fraction of sp³-hybridized carbons (Fsp3) is 0.400. The highest BCUT2D eigenvalue weighted by Crippen LogP contribution is 2.09. The summed E-state index contributed by atoms with van der Waals surface area (Å²) in [7, 11) is 6.01. The molecule has 108 valence electrons. The van der Waals surface area contributed by atoms with Gasteiger partial charge in [-0.05, 0) is 10.4 Å². The van der Waals surface area contributed by atoms with E-state index >= 15 is 0 Å². The zero-order valence-corrected chi connectivity index (χ0v) is 11.5. The molecule has 0 N–H and O–H groups in total. The molecule has 0 radical (unpaired) electrons. The summed E-state index contributed by atoms with van der Waals surface area (Å²) < 4.78 is 19.1. The smallest absolute Gasteiger partial charge is 0.240 e. The molecule has 10 heteroatoms. The quantitative estimate of drug-likeness (QED) is 0.745. The second-order valence-electron chi connectivity index (χ2n) is 3.04. The van der Waals surface area contributed by atoms with Gasteiger partial charge >= 0.3 is 0 Å². The third kappa shape index (κ3) is 4.84. The number of ether oxygens (including phenoxy) is 4. The summed E-state index contributed by atoms with van der Waals surface area (Å²) in [4.78, 5) is 0. The highest BCUT2D eigenvalue weighted by molar-refractivity contribution is 5.16. The summed E-state index contributed by atoms with van der Waals surface area (Å²) in [5, 5.41) is 20.9. The van der Waals surface area contributed by atoms with Crippen molar-refractivity contribution in [3.63, 3.8) is 0 Å². The van der Waals surface area contributed by atoms with E-state index in [0.717, 1.165) is 0 Å². The maximum atomic E-state index is 4.76. The standard InChI is InChI=1S/2C5H7N3O2/c2*1-9-4-3-5(10-2)7-8-6-4/h2*3H,1-2H3. The van der Waals surface area contributed by atoms with Crippen molar-refractivity contribution in [1.82, 2.24) is 30.8 Å². The molecule has 10 nitrogen and oxygen atoms in total. The number of hydrogen-bond acceptors (Lipinski definition) is 10. The van der Waals surface area contributed by atoms with Gasteiger partial charge in [-0.3, -0.25) is 0 Å². The van der Waals surface area contributed by atoms with Crippen LogP contribution in [0.5, 0.6) is 23.5 Å². The highest BCUT2D eigenvalue weighted by atomic mass is 16.5. The number of nitrogens with zero attached hydrogens (tertiary/aromatic N) is 6. The predicted molar refractivity (Wildman–Crippen MR) is 65.9 cm³/mol. The first kappa shape index (κ1) is 15.3. The van der Waals surface area contributed by atoms with Crippen LogP contribution in [0, 0.1) is 0 Å². The highest BCUT2D eigenvalue weighted by Gasteiger charge is 1.97. The molecule has 0 fully saturated rings. The fourth-order valence-electron chi connectivity index (χ4n) is 0.947. The van der Waals surface area contributed by atoms with Crippen molar-refractivity contribution in [3.05, 3.63) is 12.1 Å². The molecule has 0 amide bonds. The Morgan fingerprint density at radius 2 is 0.800 bits per heavy atom. The zero-order valence-electron chi connectivity index (χ0n) is 11.5. The molecular formula is C10H14N6O4. The Labute approximate surface area is 115 Å². The van der Waals surface area contributed by atoms with Crippen molar-refractivity contribution in [1.29, 1.82) is 0 Å². The molecule has 2 aromatic heterocycles. The molecular weight excluding hydrogens is 268 g/mol. The van der Waals surface area contributed by atoms with Gasteiger partial charge in [0.1, 0.15) is 0 Å². The number of methoxy groups -OCH3 is 4. The molecule has 0 atom stereocenters. The first-order valence-electron chi connectivity index (χ1n) is 5.30. The van der Waals surface area contributed by atoms with Gasteiger partial charge in [0, 0.05) is 0 Å². The predicted octanol–water partition coefficient (Wildman–Crippen LogP) is -0.222. The summed E-state index contributed by atoms with van der Waals surface area (Å²) in [5.41, 5.74) is 0. The normalized spacial score (nSPS) is 9.00. The summed E-state index contributed by atoms with van der Waals surface area (Å²) in [6.45, 7) is 0. The molecule has 0 aliphatic carbocycles. The van der Waals surface area contributed by atoms with Crippen LogP contribution in [-0.4, -0.2) is 59.3 Å². The lowest BCUT2D eigenvalue weighted by molar-refractivity contribution is 0.358. The second-order valence-corrected chi connectivity index (χ2v) is 3.04. The van der Waals surface area contributed by atoms with Gasteiger partial charge in [-0.2, -0.15) is 0 Å². The Morgan fingerprint density at radius 3 is 1.00 bits per heavy atom. The lowest BCUT2D eigenvalue weighted by atomic mass is 10.6. The zero-order chi connectivity index (χ0) is 14.8. The molecule has 0 aliphatic heterocycles. The molecule has 0 aliphatic rings. The maximum absolute atomic E-state index is 4.76. The van der Waals surface area contributed by atoms with Gasteiger partial charge in [0.05, 0.1) is 40.6 Å². The minimum Gasteiger partial charge on any atom is -0.480 e. The van der Waals surface area contributed by atoms with Crippen LogP contribution in [-0.2, 0) is 0 Å². The van der Waals surface area contributed by atoms with Crippen LogP contribution in [0.25, 0.3) is 0 Å². The van der Waals surface area contributed by atoms with Gasteiger partial charge in [-0.15, -0.1) is 0 Å². The monoisotopic (exact) mass is 282 g/mol. The molecule has 0 aromatic carbocycles. The van der Waals surface area contributed by atoms with Crippen molar-refractivity contribution < 1.29 is 18.9 Å². The maximum Gasteiger partial charge on any atom is 0.240 e. The average Bonchev–Trinajstić information content (AvgIpc) is 2.55. The van der Waals surface area contributed by atoms with Crippen molar-refractivity contribution in [2.24, 2.45) is 0 Å². The van der Waals surface area contributed by atoms with Crippen LogP contribution >= 0.6 is 0 Å². The van der Waals surface area contributed by atoms with Gasteiger partial charge in [0.2, 0.25) is 23.5 Å². The Hall–Kier alpha value is -2.78. The average molecular weight is 282 g/mol. The molecule has 2 heterocycles. The van der Waals surface area contributed by atoms with Gasteiger partial charge in [-0.1, -0.05) is 20.4 Å². The third-order valence-electron chi connectivity index (χ3n) is 1.90. The number of aromatic nitrogens is 6. The molecule has 0 bridgehead atoms. The molecule has 0 saturated carbocycles. The summed E-state index contributed by atoms with van der Waals surface area (Å²) >= 11 is 0. The van der Waals surface area contributed by atoms with E-state index in [0.29, 0.717) is 23.5 Å². The summed E-state index contributed by atoms with van der Waals surface area (Å²) in [6, 6.07) is 3.10. The van der Waals surface area contributed by atoms with E-state index in [2.05, 4.69) is 30.8 Å². The summed E-state index contributed by atoms with van der Waals surface area (Å²) in [6.07, 6.45) is 0. The van der Waals surface area contributed by atoms with Gasteiger partial charge in [0.15, 0.2) is 0 Å². The lowest BCUT2D eigenvalue weighted by Crippen LogP contribution is -1.95. The Bertz CT molecular complexity index is 441. The van der Waals surface area contributed by atoms with E-state index in [1.807, 2.05) is 0 Å². The van der Waals surface area contributed by atoms with Crippen molar-refractivity contribution >= 4 is 0 Å². The first-order chi connectivity index (χ1) is 9.73. The van der Waals surface area contributed by atoms with Crippen LogP contribution in [0.15, 0.2) is 12.1 Å². The SMILES string of the molecule is COc1cc(OC)nnn1.COc1cc(OC)nnn1. The van der Waals surface area contributed by atoms with Gasteiger partial charge in [-0.25, -0.2) is 0 Å². The van der Waals surface area contributed by atoms with Crippen LogP contribution in [0.4, 0.5) is 0 Å². The van der Waals surface area contributed by atoms with E-state index in [-0.39, 0.29) is 0 Å². The van der Waals surface area contributed by atoms with Gasteiger partial charge in [0.25, 0.3) is 0 Å². The molecule has 0 saturated heterocycles. The van der Waals surface area contributed by atoms with E-state index in [4.69, 9.17) is 18.9 Å². The van der Waals surface area contributed by atoms with Crippen molar-refractivity contribution in [2.45, 2.75) is 0 Å². The minimum atomic E-state index is 0.395. The van der Waals surface area contributed by atoms with E-state index in [1.165, 1.54) is 28.4 Å². The Balaban J connectivity index is 0.000000200. The van der Waals surface area contributed by atoms with Crippen LogP contribution < -0.4 is 18.9 Å². The van der Waals surface area contributed by atoms with Crippen LogP contribution in [0.1, 0.15) is 0 Å². The summed E-state index contributed by atoms with van der Waals surface area (Å²) in [5.74, 6) is 1.58. The first-order valence-corrected chi connectivity index (χ1v) is 5.30. The fourth-order valence-corrected chi connectivity index (χ4v) is 0.947. The number of hydrogen-bond donors (Lipinski definition) is 0. The Morgan fingerprint density at radius 1 is 0.550 bits per heavy atom. The topological polar surface area (TPSA) is 114 Å².